The van der Waals surface area contributed by atoms with Gasteiger partial charge in [-0.15, -0.1) is 0 Å². The molecule has 3 nitrogen and oxygen atoms in total. The second-order valence-electron chi connectivity index (χ2n) is 7.75. The summed E-state index contributed by atoms with van der Waals surface area (Å²) in [5.41, 5.74) is 5.32. The van der Waals surface area contributed by atoms with Crippen molar-refractivity contribution in [3.05, 3.63) is 57.1 Å². The topological polar surface area (TPSA) is 38.7 Å². The SMILES string of the molecule is CCC(O)COc1c(C)cc(C(C)(C)c2cc(C)c(OC)c(C)c2)cc1Cl. The Hall–Kier alpha value is -1.71. The zero-order valence-corrected chi connectivity index (χ0v) is 18.2. The largest absolute Gasteiger partial charge is 0.496 e. The summed E-state index contributed by atoms with van der Waals surface area (Å²) in [5, 5.41) is 10.3. The van der Waals surface area contributed by atoms with Gasteiger partial charge in [-0.1, -0.05) is 50.6 Å². The Morgan fingerprint density at radius 3 is 1.89 bits per heavy atom. The second kappa shape index (κ2) is 8.53. The summed E-state index contributed by atoms with van der Waals surface area (Å²) >= 11 is 6.54. The molecule has 1 unspecified atom stereocenters. The van der Waals surface area contributed by atoms with Crippen LogP contribution in [0.5, 0.6) is 11.5 Å². The van der Waals surface area contributed by atoms with E-state index < -0.39 is 6.10 Å². The predicted molar refractivity (Wildman–Crippen MR) is 113 cm³/mol. The van der Waals surface area contributed by atoms with E-state index in [0.717, 1.165) is 28.0 Å². The molecule has 0 bridgehead atoms. The molecule has 2 rings (SSSR count). The normalized spacial score (nSPS) is 12.8. The number of hydrogen-bond donors (Lipinski definition) is 1. The molecule has 148 valence electrons. The van der Waals surface area contributed by atoms with E-state index in [-0.39, 0.29) is 12.0 Å². The Bertz CT molecular complexity index is 765. The van der Waals surface area contributed by atoms with Crippen LogP contribution in [0.4, 0.5) is 0 Å². The molecule has 0 aliphatic rings. The van der Waals surface area contributed by atoms with Crippen LogP contribution in [-0.4, -0.2) is 24.9 Å². The van der Waals surface area contributed by atoms with E-state index in [1.165, 1.54) is 5.56 Å². The van der Waals surface area contributed by atoms with E-state index in [4.69, 9.17) is 21.1 Å². The molecule has 4 heteroatoms. The first-order valence-electron chi connectivity index (χ1n) is 9.39. The summed E-state index contributed by atoms with van der Waals surface area (Å²) in [6, 6.07) is 8.44. The molecule has 1 N–H and O–H groups in total. The van der Waals surface area contributed by atoms with Crippen molar-refractivity contribution in [3.8, 4) is 11.5 Å². The van der Waals surface area contributed by atoms with Crippen molar-refractivity contribution in [1.82, 2.24) is 0 Å². The molecule has 0 heterocycles. The van der Waals surface area contributed by atoms with Gasteiger partial charge in [-0.3, -0.25) is 0 Å². The highest BCUT2D eigenvalue weighted by Gasteiger charge is 2.26. The first kappa shape index (κ1) is 21.6. The van der Waals surface area contributed by atoms with Crippen LogP contribution in [0.2, 0.25) is 5.02 Å². The van der Waals surface area contributed by atoms with Gasteiger partial charge in [0.05, 0.1) is 18.2 Å². The highest BCUT2D eigenvalue weighted by atomic mass is 35.5. The summed E-state index contributed by atoms with van der Waals surface area (Å²) in [7, 11) is 1.71. The fourth-order valence-corrected chi connectivity index (χ4v) is 3.69. The lowest BCUT2D eigenvalue weighted by Crippen LogP contribution is -2.20. The molecule has 0 amide bonds. The minimum atomic E-state index is -0.484. The van der Waals surface area contributed by atoms with E-state index in [2.05, 4.69) is 45.9 Å². The fraction of sp³-hybridized carbons (Fsp3) is 0.478. The zero-order chi connectivity index (χ0) is 20.4. The molecule has 27 heavy (non-hydrogen) atoms. The number of methoxy groups -OCH3 is 1. The maximum absolute atomic E-state index is 9.75. The summed E-state index contributed by atoms with van der Waals surface area (Å²) in [6.07, 6.45) is 0.166. The monoisotopic (exact) mass is 390 g/mol. The second-order valence-corrected chi connectivity index (χ2v) is 8.15. The maximum atomic E-state index is 9.75. The standard InChI is InChI=1S/C23H31ClO3/c1-8-19(25)13-27-22-16(4)11-18(12-20(22)24)23(5,6)17-9-14(2)21(26-7)15(3)10-17/h9-12,19,25H,8,13H2,1-7H3. The fourth-order valence-electron chi connectivity index (χ4n) is 3.37. The minimum Gasteiger partial charge on any atom is -0.496 e. The third kappa shape index (κ3) is 4.59. The maximum Gasteiger partial charge on any atom is 0.140 e. The molecule has 0 fully saturated rings. The van der Waals surface area contributed by atoms with Crippen LogP contribution in [-0.2, 0) is 5.41 Å². The van der Waals surface area contributed by atoms with E-state index in [0.29, 0.717) is 17.2 Å². The van der Waals surface area contributed by atoms with Crippen molar-refractivity contribution in [1.29, 1.82) is 0 Å². The Morgan fingerprint density at radius 2 is 1.44 bits per heavy atom. The molecule has 1 atom stereocenters. The summed E-state index contributed by atoms with van der Waals surface area (Å²) in [6.45, 7) is 12.7. The number of aryl methyl sites for hydroxylation is 3. The van der Waals surface area contributed by atoms with Crippen molar-refractivity contribution >= 4 is 11.6 Å². The predicted octanol–water partition coefficient (Wildman–Crippen LogP) is 5.75. The number of benzene rings is 2. The van der Waals surface area contributed by atoms with E-state index >= 15 is 0 Å². The van der Waals surface area contributed by atoms with Gasteiger partial charge in [0.15, 0.2) is 0 Å². The molecule has 2 aromatic carbocycles. The van der Waals surface area contributed by atoms with Crippen LogP contribution in [0.1, 0.15) is 55.0 Å². The Balaban J connectivity index is 2.42. The lowest BCUT2D eigenvalue weighted by molar-refractivity contribution is 0.104. The molecule has 0 radical (unpaired) electrons. The van der Waals surface area contributed by atoms with Crippen LogP contribution in [0, 0.1) is 20.8 Å². The highest BCUT2D eigenvalue weighted by Crippen LogP contribution is 2.40. The number of aliphatic hydroxyl groups is 1. The third-order valence-electron chi connectivity index (χ3n) is 5.23. The van der Waals surface area contributed by atoms with Crippen LogP contribution in [0.15, 0.2) is 24.3 Å². The number of rotatable bonds is 7. The lowest BCUT2D eigenvalue weighted by atomic mass is 9.76. The van der Waals surface area contributed by atoms with Gasteiger partial charge in [0.25, 0.3) is 0 Å². The third-order valence-corrected chi connectivity index (χ3v) is 5.51. The average Bonchev–Trinajstić information content (AvgIpc) is 2.60. The van der Waals surface area contributed by atoms with Crippen molar-refractivity contribution in [2.24, 2.45) is 0 Å². The van der Waals surface area contributed by atoms with E-state index in [1.807, 2.05) is 19.9 Å². The zero-order valence-electron chi connectivity index (χ0n) is 17.4. The van der Waals surface area contributed by atoms with Crippen LogP contribution >= 0.6 is 11.6 Å². The van der Waals surface area contributed by atoms with Gasteiger partial charge in [-0.05, 0) is 61.1 Å². The first-order valence-corrected chi connectivity index (χ1v) is 9.76. The van der Waals surface area contributed by atoms with Gasteiger partial charge in [0, 0.05) is 5.41 Å². The molecule has 0 spiro atoms. The Morgan fingerprint density at radius 1 is 0.963 bits per heavy atom. The Labute approximate surface area is 168 Å². The van der Waals surface area contributed by atoms with Gasteiger partial charge in [-0.2, -0.15) is 0 Å². The van der Waals surface area contributed by atoms with E-state index in [1.54, 1.807) is 7.11 Å². The average molecular weight is 391 g/mol. The van der Waals surface area contributed by atoms with Crippen LogP contribution in [0.3, 0.4) is 0 Å². The van der Waals surface area contributed by atoms with Gasteiger partial charge >= 0.3 is 0 Å². The molecular formula is C23H31ClO3. The number of aliphatic hydroxyl groups excluding tert-OH is 1. The van der Waals surface area contributed by atoms with Gasteiger partial charge in [0.1, 0.15) is 18.1 Å². The number of halogens is 1. The quantitative estimate of drug-likeness (QED) is 0.654. The summed E-state index contributed by atoms with van der Waals surface area (Å²) < 4.78 is 11.3. The minimum absolute atomic E-state index is 0.225. The van der Waals surface area contributed by atoms with Crippen molar-refractivity contribution in [2.75, 3.05) is 13.7 Å². The van der Waals surface area contributed by atoms with E-state index in [9.17, 15) is 5.11 Å². The van der Waals surface area contributed by atoms with Gasteiger partial charge in [0.2, 0.25) is 0 Å². The molecule has 0 aliphatic carbocycles. The smallest absolute Gasteiger partial charge is 0.140 e. The lowest BCUT2D eigenvalue weighted by Gasteiger charge is -2.29. The first-order chi connectivity index (χ1) is 12.6. The number of ether oxygens (including phenoxy) is 2. The van der Waals surface area contributed by atoms with Crippen molar-refractivity contribution in [2.45, 2.75) is 59.5 Å². The van der Waals surface area contributed by atoms with Crippen molar-refractivity contribution in [3.63, 3.8) is 0 Å². The molecular weight excluding hydrogens is 360 g/mol. The summed E-state index contributed by atoms with van der Waals surface area (Å²) in [5.74, 6) is 1.58. The van der Waals surface area contributed by atoms with Gasteiger partial charge < -0.3 is 14.6 Å². The molecule has 0 saturated carbocycles. The van der Waals surface area contributed by atoms with Crippen molar-refractivity contribution < 1.29 is 14.6 Å². The molecule has 0 aliphatic heterocycles. The highest BCUT2D eigenvalue weighted by molar-refractivity contribution is 6.32. The molecule has 2 aromatic rings. The summed E-state index contributed by atoms with van der Waals surface area (Å²) in [4.78, 5) is 0. The molecule has 0 saturated heterocycles. The molecule has 0 aromatic heterocycles. The van der Waals surface area contributed by atoms with Gasteiger partial charge in [-0.25, -0.2) is 0 Å². The van der Waals surface area contributed by atoms with Crippen LogP contribution in [0.25, 0.3) is 0 Å². The number of hydrogen-bond acceptors (Lipinski definition) is 3. The Kier molecular flexibility index (Phi) is 6.82. The van der Waals surface area contributed by atoms with Crippen LogP contribution < -0.4 is 9.47 Å².